The number of benzene rings is 2. The molecule has 2 aromatic rings. The third-order valence-corrected chi connectivity index (χ3v) is 3.29. The Bertz CT molecular complexity index is 623. The molecule has 0 spiro atoms. The van der Waals surface area contributed by atoms with E-state index in [0.29, 0.717) is 17.1 Å². The van der Waals surface area contributed by atoms with Crippen LogP contribution < -0.4 is 9.47 Å². The van der Waals surface area contributed by atoms with Crippen LogP contribution >= 0.6 is 0 Å². The van der Waals surface area contributed by atoms with Gasteiger partial charge in [0.15, 0.2) is 23.1 Å². The van der Waals surface area contributed by atoms with Gasteiger partial charge in [0, 0.05) is 0 Å². The van der Waals surface area contributed by atoms with Gasteiger partial charge in [-0.1, -0.05) is 19.1 Å². The highest BCUT2D eigenvalue weighted by atomic mass is 19.1. The zero-order chi connectivity index (χ0) is 15.4. The van der Waals surface area contributed by atoms with Crippen molar-refractivity contribution in [1.82, 2.24) is 0 Å². The van der Waals surface area contributed by atoms with Crippen LogP contribution in [0.25, 0.3) is 0 Å². The third kappa shape index (κ3) is 3.52. The number of aryl methyl sites for hydroxylation is 1. The SMILES string of the molecule is CCc1ccc(Oc2ccc([C@@H](C)O)cc2F)c(OC)c1. The van der Waals surface area contributed by atoms with Crippen molar-refractivity contribution in [1.29, 1.82) is 0 Å². The van der Waals surface area contributed by atoms with Crippen LogP contribution in [0, 0.1) is 5.82 Å². The van der Waals surface area contributed by atoms with Gasteiger partial charge in [-0.25, -0.2) is 4.39 Å². The first-order chi connectivity index (χ1) is 10.0. The molecule has 0 aliphatic rings. The Kier molecular flexibility index (Phi) is 4.81. The van der Waals surface area contributed by atoms with Gasteiger partial charge in [0.25, 0.3) is 0 Å². The molecule has 0 fully saturated rings. The lowest BCUT2D eigenvalue weighted by molar-refractivity contribution is 0.198. The van der Waals surface area contributed by atoms with E-state index in [1.165, 1.54) is 12.1 Å². The number of halogens is 1. The molecule has 21 heavy (non-hydrogen) atoms. The van der Waals surface area contributed by atoms with Crippen molar-refractivity contribution in [3.05, 3.63) is 53.3 Å². The number of ether oxygens (including phenoxy) is 2. The van der Waals surface area contributed by atoms with Crippen molar-refractivity contribution in [2.75, 3.05) is 7.11 Å². The Balaban J connectivity index is 2.29. The van der Waals surface area contributed by atoms with Crippen LogP contribution in [-0.4, -0.2) is 12.2 Å². The normalized spacial score (nSPS) is 12.0. The number of methoxy groups -OCH3 is 1. The molecule has 0 unspecified atom stereocenters. The molecule has 1 N–H and O–H groups in total. The van der Waals surface area contributed by atoms with Gasteiger partial charge in [0.05, 0.1) is 13.2 Å². The van der Waals surface area contributed by atoms with Gasteiger partial charge >= 0.3 is 0 Å². The van der Waals surface area contributed by atoms with Crippen LogP contribution in [0.1, 0.15) is 31.1 Å². The number of hydrogen-bond acceptors (Lipinski definition) is 3. The fourth-order valence-electron chi connectivity index (χ4n) is 1.99. The Morgan fingerprint density at radius 1 is 1.10 bits per heavy atom. The summed E-state index contributed by atoms with van der Waals surface area (Å²) in [5.41, 5.74) is 1.62. The molecule has 0 saturated heterocycles. The first-order valence-electron chi connectivity index (χ1n) is 6.87. The van der Waals surface area contributed by atoms with Crippen molar-refractivity contribution < 1.29 is 19.0 Å². The van der Waals surface area contributed by atoms with E-state index in [-0.39, 0.29) is 5.75 Å². The molecule has 0 saturated carbocycles. The zero-order valence-corrected chi connectivity index (χ0v) is 12.4. The molecule has 0 aliphatic carbocycles. The van der Waals surface area contributed by atoms with E-state index >= 15 is 0 Å². The van der Waals surface area contributed by atoms with E-state index in [2.05, 4.69) is 0 Å². The predicted octanol–water partition coefficient (Wildman–Crippen LogP) is 4.24. The standard InChI is InChI=1S/C17H19FO3/c1-4-12-5-7-16(17(9-12)20-3)21-15-8-6-13(11(2)19)10-14(15)18/h5-11,19H,4H2,1-3H3/t11-/m1/s1. The largest absolute Gasteiger partial charge is 0.493 e. The summed E-state index contributed by atoms with van der Waals surface area (Å²) in [6.07, 6.45) is 0.167. The topological polar surface area (TPSA) is 38.7 Å². The molecule has 0 bridgehead atoms. The monoisotopic (exact) mass is 290 g/mol. The summed E-state index contributed by atoms with van der Waals surface area (Å²) in [5.74, 6) is 0.601. The highest BCUT2D eigenvalue weighted by Gasteiger charge is 2.12. The van der Waals surface area contributed by atoms with E-state index in [1.807, 2.05) is 19.1 Å². The maximum Gasteiger partial charge on any atom is 0.169 e. The average Bonchev–Trinajstić information content (AvgIpc) is 2.49. The predicted molar refractivity (Wildman–Crippen MR) is 79.5 cm³/mol. The van der Waals surface area contributed by atoms with Gasteiger partial charge in [-0.15, -0.1) is 0 Å². The van der Waals surface area contributed by atoms with Gasteiger partial charge < -0.3 is 14.6 Å². The molecule has 2 rings (SSSR count). The summed E-state index contributed by atoms with van der Waals surface area (Å²) in [7, 11) is 1.55. The fraction of sp³-hybridized carbons (Fsp3) is 0.294. The number of hydrogen-bond donors (Lipinski definition) is 1. The molecule has 112 valence electrons. The number of aliphatic hydroxyl groups excluding tert-OH is 1. The minimum Gasteiger partial charge on any atom is -0.493 e. The third-order valence-electron chi connectivity index (χ3n) is 3.29. The lowest BCUT2D eigenvalue weighted by atomic mass is 10.1. The summed E-state index contributed by atoms with van der Waals surface area (Å²) in [4.78, 5) is 0. The fourth-order valence-corrected chi connectivity index (χ4v) is 1.99. The lowest BCUT2D eigenvalue weighted by Gasteiger charge is -2.13. The van der Waals surface area contributed by atoms with Gasteiger partial charge in [-0.2, -0.15) is 0 Å². The maximum absolute atomic E-state index is 14.0. The Labute approximate surface area is 124 Å². The molecule has 3 nitrogen and oxygen atoms in total. The van der Waals surface area contributed by atoms with Crippen LogP contribution in [0.5, 0.6) is 17.2 Å². The second kappa shape index (κ2) is 6.59. The lowest BCUT2D eigenvalue weighted by Crippen LogP contribution is -1.96. The highest BCUT2D eigenvalue weighted by Crippen LogP contribution is 2.34. The van der Waals surface area contributed by atoms with E-state index in [9.17, 15) is 9.50 Å². The number of aliphatic hydroxyl groups is 1. The van der Waals surface area contributed by atoms with Crippen molar-refractivity contribution in [2.45, 2.75) is 26.4 Å². The van der Waals surface area contributed by atoms with E-state index in [0.717, 1.165) is 12.0 Å². The summed E-state index contributed by atoms with van der Waals surface area (Å²) in [6, 6.07) is 9.96. The van der Waals surface area contributed by atoms with Crippen LogP contribution in [0.4, 0.5) is 4.39 Å². The minimum atomic E-state index is -0.716. The van der Waals surface area contributed by atoms with Crippen LogP contribution in [0.2, 0.25) is 0 Å². The van der Waals surface area contributed by atoms with E-state index < -0.39 is 11.9 Å². The Morgan fingerprint density at radius 2 is 1.81 bits per heavy atom. The molecule has 0 heterocycles. The van der Waals surface area contributed by atoms with Crippen molar-refractivity contribution in [3.63, 3.8) is 0 Å². The first kappa shape index (κ1) is 15.3. The van der Waals surface area contributed by atoms with Gasteiger partial charge in [0.1, 0.15) is 0 Å². The number of rotatable bonds is 5. The summed E-state index contributed by atoms with van der Waals surface area (Å²) < 4.78 is 24.9. The maximum atomic E-state index is 14.0. The Morgan fingerprint density at radius 3 is 2.38 bits per heavy atom. The molecule has 1 atom stereocenters. The minimum absolute atomic E-state index is 0.0990. The average molecular weight is 290 g/mol. The molecule has 0 aromatic heterocycles. The molecular formula is C17H19FO3. The molecule has 0 aliphatic heterocycles. The van der Waals surface area contributed by atoms with Crippen LogP contribution in [0.3, 0.4) is 0 Å². The van der Waals surface area contributed by atoms with Gasteiger partial charge in [-0.05, 0) is 48.7 Å². The quantitative estimate of drug-likeness (QED) is 0.895. The first-order valence-corrected chi connectivity index (χ1v) is 6.87. The van der Waals surface area contributed by atoms with Crippen LogP contribution in [0.15, 0.2) is 36.4 Å². The smallest absolute Gasteiger partial charge is 0.169 e. The van der Waals surface area contributed by atoms with Crippen molar-refractivity contribution in [3.8, 4) is 17.2 Å². The van der Waals surface area contributed by atoms with Gasteiger partial charge in [0.2, 0.25) is 0 Å². The van der Waals surface area contributed by atoms with E-state index in [1.54, 1.807) is 26.2 Å². The van der Waals surface area contributed by atoms with Gasteiger partial charge in [-0.3, -0.25) is 0 Å². The zero-order valence-electron chi connectivity index (χ0n) is 12.4. The second-order valence-electron chi connectivity index (χ2n) is 4.81. The van der Waals surface area contributed by atoms with E-state index in [4.69, 9.17) is 9.47 Å². The van der Waals surface area contributed by atoms with Crippen molar-refractivity contribution in [2.24, 2.45) is 0 Å². The summed E-state index contributed by atoms with van der Waals surface area (Å²) in [5, 5.41) is 9.44. The molecular weight excluding hydrogens is 271 g/mol. The molecule has 4 heteroatoms. The summed E-state index contributed by atoms with van der Waals surface area (Å²) in [6.45, 7) is 3.63. The molecule has 0 amide bonds. The Hall–Kier alpha value is -2.07. The second-order valence-corrected chi connectivity index (χ2v) is 4.81. The molecule has 2 aromatic carbocycles. The molecule has 0 radical (unpaired) electrons. The summed E-state index contributed by atoms with van der Waals surface area (Å²) >= 11 is 0. The van der Waals surface area contributed by atoms with Crippen LogP contribution in [-0.2, 0) is 6.42 Å². The van der Waals surface area contributed by atoms with Crippen molar-refractivity contribution >= 4 is 0 Å². The highest BCUT2D eigenvalue weighted by molar-refractivity contribution is 5.46.